The number of anilines is 1. The summed E-state index contributed by atoms with van der Waals surface area (Å²) < 4.78 is 34.0. The number of halogens is 3. The molecule has 1 unspecified atom stereocenters. The van der Waals surface area contributed by atoms with Gasteiger partial charge < -0.3 is 10.1 Å². The van der Waals surface area contributed by atoms with Crippen LogP contribution in [0.1, 0.15) is 5.56 Å². The van der Waals surface area contributed by atoms with E-state index >= 15 is 0 Å². The van der Waals surface area contributed by atoms with Gasteiger partial charge in [-0.3, -0.25) is 4.79 Å². The van der Waals surface area contributed by atoms with Crippen molar-refractivity contribution in [2.24, 2.45) is 5.92 Å². The maximum Gasteiger partial charge on any atom is 0.231 e. The van der Waals surface area contributed by atoms with Crippen molar-refractivity contribution in [2.45, 2.75) is 6.42 Å². The highest BCUT2D eigenvalue weighted by Gasteiger charge is 2.27. The van der Waals surface area contributed by atoms with Gasteiger partial charge in [0, 0.05) is 16.7 Å². The van der Waals surface area contributed by atoms with Crippen molar-refractivity contribution >= 4 is 23.2 Å². The predicted octanol–water partition coefficient (Wildman–Crippen LogP) is 5.48. The van der Waals surface area contributed by atoms with E-state index in [0.717, 1.165) is 11.6 Å². The maximum atomic E-state index is 14.5. The van der Waals surface area contributed by atoms with Gasteiger partial charge in [-0.25, -0.2) is 8.78 Å². The number of hydrogen-bond donors (Lipinski definition) is 1. The number of nitrogens with one attached hydrogen (secondary N) is 1. The second-order valence-electron chi connectivity index (χ2n) is 6.63. The van der Waals surface area contributed by atoms with E-state index in [1.54, 1.807) is 48.5 Å². The van der Waals surface area contributed by atoms with Crippen LogP contribution in [-0.4, -0.2) is 12.5 Å². The van der Waals surface area contributed by atoms with Crippen molar-refractivity contribution in [2.75, 3.05) is 11.9 Å². The maximum absolute atomic E-state index is 14.5. The number of amides is 1. The van der Waals surface area contributed by atoms with Crippen molar-refractivity contribution in [3.8, 4) is 16.9 Å². The second-order valence-corrected chi connectivity index (χ2v) is 7.07. The third-order valence-corrected chi connectivity index (χ3v) is 4.92. The van der Waals surface area contributed by atoms with Crippen molar-refractivity contribution in [1.82, 2.24) is 0 Å². The summed E-state index contributed by atoms with van der Waals surface area (Å²) in [5, 5.41) is 3.18. The summed E-state index contributed by atoms with van der Waals surface area (Å²) >= 11 is 6.02. The highest BCUT2D eigenvalue weighted by atomic mass is 35.5. The number of carbonyl (C=O) groups excluding carboxylic acids is 1. The highest BCUT2D eigenvalue weighted by Crippen LogP contribution is 2.34. The molecule has 1 heterocycles. The average Bonchev–Trinajstić information content (AvgIpc) is 2.69. The first-order valence-corrected chi connectivity index (χ1v) is 9.15. The summed E-state index contributed by atoms with van der Waals surface area (Å²) in [5.74, 6) is -1.76. The average molecular weight is 400 g/mol. The van der Waals surface area contributed by atoms with Crippen molar-refractivity contribution < 1.29 is 18.3 Å². The summed E-state index contributed by atoms with van der Waals surface area (Å²) in [6.07, 6.45) is 0.422. The lowest BCUT2D eigenvalue weighted by atomic mass is 9.95. The molecule has 142 valence electrons. The Balaban J connectivity index is 1.62. The van der Waals surface area contributed by atoms with Crippen LogP contribution in [0.2, 0.25) is 5.02 Å². The van der Waals surface area contributed by atoms with Crippen LogP contribution < -0.4 is 10.1 Å². The van der Waals surface area contributed by atoms with E-state index < -0.39 is 23.5 Å². The molecule has 1 atom stereocenters. The first-order chi connectivity index (χ1) is 13.5. The predicted molar refractivity (Wildman–Crippen MR) is 105 cm³/mol. The van der Waals surface area contributed by atoms with Crippen LogP contribution in [0.25, 0.3) is 11.1 Å². The Bertz CT molecular complexity index is 1040. The minimum atomic E-state index is -0.827. The fraction of sp³-hybridized carbons (Fsp3) is 0.136. The molecular weight excluding hydrogens is 384 g/mol. The minimum Gasteiger partial charge on any atom is -0.492 e. The van der Waals surface area contributed by atoms with Gasteiger partial charge in [-0.2, -0.15) is 0 Å². The molecule has 28 heavy (non-hydrogen) atoms. The molecule has 6 heteroatoms. The van der Waals surface area contributed by atoms with Crippen molar-refractivity contribution in [3.63, 3.8) is 0 Å². The molecule has 4 rings (SSSR count). The van der Waals surface area contributed by atoms with Gasteiger partial charge in [0.1, 0.15) is 24.0 Å². The Hall–Kier alpha value is -2.92. The fourth-order valence-electron chi connectivity index (χ4n) is 3.30. The smallest absolute Gasteiger partial charge is 0.231 e. The summed E-state index contributed by atoms with van der Waals surface area (Å²) in [6, 6.07) is 16.0. The molecule has 3 aromatic rings. The van der Waals surface area contributed by atoms with Crippen LogP contribution in [-0.2, 0) is 11.2 Å². The van der Waals surface area contributed by atoms with Crippen LogP contribution >= 0.6 is 11.6 Å². The molecule has 1 aliphatic heterocycles. The summed E-state index contributed by atoms with van der Waals surface area (Å²) in [7, 11) is 0. The zero-order valence-corrected chi connectivity index (χ0v) is 15.5. The SMILES string of the molecule is O=C(Nc1c(F)cc(F)cc1-c1ccccc1)C1COc2ccc(Cl)cc2C1. The molecule has 0 saturated carbocycles. The van der Waals surface area contributed by atoms with Crippen molar-refractivity contribution in [1.29, 1.82) is 0 Å². The van der Waals surface area contributed by atoms with E-state index in [-0.39, 0.29) is 17.9 Å². The molecule has 0 aliphatic carbocycles. The third-order valence-electron chi connectivity index (χ3n) is 4.69. The molecule has 0 spiro atoms. The van der Waals surface area contributed by atoms with Gasteiger partial charge in [0.05, 0.1) is 11.6 Å². The highest BCUT2D eigenvalue weighted by molar-refractivity contribution is 6.30. The topological polar surface area (TPSA) is 38.3 Å². The molecular formula is C22H16ClF2NO2. The Labute approximate surface area is 165 Å². The van der Waals surface area contributed by atoms with Gasteiger partial charge >= 0.3 is 0 Å². The third kappa shape index (κ3) is 3.71. The molecule has 1 N–H and O–H groups in total. The Morgan fingerprint density at radius 2 is 1.86 bits per heavy atom. The number of ether oxygens (including phenoxy) is 1. The summed E-state index contributed by atoms with van der Waals surface area (Å²) in [4.78, 5) is 12.8. The number of hydrogen-bond acceptors (Lipinski definition) is 2. The van der Waals surface area contributed by atoms with E-state index in [1.165, 1.54) is 6.07 Å². The summed E-state index contributed by atoms with van der Waals surface area (Å²) in [5.41, 5.74) is 1.66. The Kier molecular flexibility index (Phi) is 5.01. The van der Waals surface area contributed by atoms with Crippen LogP contribution in [0.4, 0.5) is 14.5 Å². The lowest BCUT2D eigenvalue weighted by molar-refractivity contribution is -0.121. The number of rotatable bonds is 3. The largest absolute Gasteiger partial charge is 0.492 e. The van der Waals surface area contributed by atoms with Crippen molar-refractivity contribution in [3.05, 3.63) is 82.9 Å². The Morgan fingerprint density at radius 3 is 2.64 bits per heavy atom. The van der Waals surface area contributed by atoms with E-state index in [4.69, 9.17) is 16.3 Å². The second kappa shape index (κ2) is 7.60. The van der Waals surface area contributed by atoms with E-state index in [0.29, 0.717) is 22.8 Å². The molecule has 0 saturated heterocycles. The minimum absolute atomic E-state index is 0.0468. The molecule has 1 amide bonds. The fourth-order valence-corrected chi connectivity index (χ4v) is 3.50. The van der Waals surface area contributed by atoms with Gasteiger partial charge in [0.25, 0.3) is 0 Å². The van der Waals surface area contributed by atoms with E-state index in [2.05, 4.69) is 5.32 Å². The van der Waals surface area contributed by atoms with Gasteiger partial charge in [-0.15, -0.1) is 0 Å². The monoisotopic (exact) mass is 399 g/mol. The molecule has 0 radical (unpaired) electrons. The van der Waals surface area contributed by atoms with Gasteiger partial charge in [-0.05, 0) is 41.8 Å². The van der Waals surface area contributed by atoms with E-state index in [1.807, 2.05) is 0 Å². The van der Waals surface area contributed by atoms with Gasteiger partial charge in [-0.1, -0.05) is 41.9 Å². The lowest BCUT2D eigenvalue weighted by Gasteiger charge is -2.25. The molecule has 3 nitrogen and oxygen atoms in total. The van der Waals surface area contributed by atoms with Crippen LogP contribution in [0.15, 0.2) is 60.7 Å². The summed E-state index contributed by atoms with van der Waals surface area (Å²) in [6.45, 7) is 0.171. The van der Waals surface area contributed by atoms with E-state index in [9.17, 15) is 13.6 Å². The van der Waals surface area contributed by atoms with Crippen LogP contribution in [0.5, 0.6) is 5.75 Å². The normalized spacial score (nSPS) is 15.5. The van der Waals surface area contributed by atoms with Gasteiger partial charge in [0.15, 0.2) is 0 Å². The lowest BCUT2D eigenvalue weighted by Crippen LogP contribution is -2.33. The quantitative estimate of drug-likeness (QED) is 0.633. The molecule has 3 aromatic carbocycles. The number of benzene rings is 3. The van der Waals surface area contributed by atoms with Gasteiger partial charge in [0.2, 0.25) is 5.91 Å². The standard InChI is InChI=1S/C22H16ClF2NO2/c23-16-6-7-20-14(9-16)8-15(12-28-20)22(27)26-21-18(10-17(24)11-19(21)25)13-4-2-1-3-5-13/h1-7,9-11,15H,8,12H2,(H,26,27). The zero-order chi connectivity index (χ0) is 19.7. The first kappa shape index (κ1) is 18.4. The molecule has 1 aliphatic rings. The number of carbonyl (C=O) groups is 1. The molecule has 0 fully saturated rings. The molecule has 0 bridgehead atoms. The Morgan fingerprint density at radius 1 is 1.07 bits per heavy atom. The zero-order valence-electron chi connectivity index (χ0n) is 14.7. The van der Waals surface area contributed by atoms with Crippen LogP contribution in [0, 0.1) is 17.6 Å². The first-order valence-electron chi connectivity index (χ1n) is 8.78. The number of fused-ring (bicyclic) bond motifs is 1. The van der Waals surface area contributed by atoms with Crippen LogP contribution in [0.3, 0.4) is 0 Å². The molecule has 0 aromatic heterocycles.